The number of nitrogens with two attached hydrogens (primary N) is 1. The third-order valence-electron chi connectivity index (χ3n) is 1.93. The molecule has 0 fully saturated rings. The van der Waals surface area contributed by atoms with E-state index >= 15 is 0 Å². The summed E-state index contributed by atoms with van der Waals surface area (Å²) in [4.78, 5) is 13.6. The molecule has 0 unspecified atom stereocenters. The molecule has 14 heavy (non-hydrogen) atoms. The first kappa shape index (κ1) is 9.45. The third kappa shape index (κ3) is 1.47. The molecule has 0 atom stereocenters. The van der Waals surface area contributed by atoms with Gasteiger partial charge in [-0.2, -0.15) is 0 Å². The number of hydrogen-bond acceptors (Lipinski definition) is 1. The highest BCUT2D eigenvalue weighted by Crippen LogP contribution is 2.21. The number of aromatic amines is 1. The predicted octanol–water partition coefficient (Wildman–Crippen LogP) is 2.01. The van der Waals surface area contributed by atoms with Crippen molar-refractivity contribution >= 4 is 39.4 Å². The van der Waals surface area contributed by atoms with Crippen molar-refractivity contribution in [3.63, 3.8) is 0 Å². The lowest BCUT2D eigenvalue weighted by molar-refractivity contribution is 0.0996. The Labute approximate surface area is 92.6 Å². The second-order valence-corrected chi connectivity index (χ2v) is 4.06. The maximum absolute atomic E-state index is 13.1. The van der Waals surface area contributed by atoms with Crippen molar-refractivity contribution in [2.75, 3.05) is 0 Å². The van der Waals surface area contributed by atoms with Crippen molar-refractivity contribution in [3.8, 4) is 0 Å². The summed E-state index contributed by atoms with van der Waals surface area (Å²) in [6.07, 6.45) is 0. The molecule has 0 radical (unpaired) electrons. The zero-order valence-corrected chi connectivity index (χ0v) is 9.13. The van der Waals surface area contributed by atoms with Crippen molar-refractivity contribution < 1.29 is 9.18 Å². The van der Waals surface area contributed by atoms with Gasteiger partial charge in [-0.15, -0.1) is 0 Å². The quantitative estimate of drug-likeness (QED) is 0.778. The molecule has 3 nitrogen and oxygen atoms in total. The van der Waals surface area contributed by atoms with Crippen molar-refractivity contribution in [1.82, 2.24) is 4.98 Å². The summed E-state index contributed by atoms with van der Waals surface area (Å²) < 4.78 is 13.6. The van der Waals surface area contributed by atoms with E-state index in [-0.39, 0.29) is 5.82 Å². The van der Waals surface area contributed by atoms with E-state index in [9.17, 15) is 9.18 Å². The standard InChI is InChI=1S/C9H6FIN2O/c10-5-3-7-4(1-6(5)11)2-8(13-7)9(12)14/h1-3,13H,(H2,12,14). The number of carbonyl (C=O) groups is 1. The monoisotopic (exact) mass is 304 g/mol. The smallest absolute Gasteiger partial charge is 0.265 e. The molecular formula is C9H6FIN2O. The number of H-pyrrole nitrogens is 1. The molecule has 1 aromatic heterocycles. The molecule has 0 aliphatic carbocycles. The summed E-state index contributed by atoms with van der Waals surface area (Å²) in [6.45, 7) is 0. The van der Waals surface area contributed by atoms with Crippen LogP contribution < -0.4 is 5.73 Å². The number of primary amides is 1. The van der Waals surface area contributed by atoms with Gasteiger partial charge in [-0.05, 0) is 40.8 Å². The van der Waals surface area contributed by atoms with E-state index in [0.29, 0.717) is 14.8 Å². The number of carbonyl (C=O) groups excluding carboxylic acids is 1. The Morgan fingerprint density at radius 1 is 1.43 bits per heavy atom. The number of amides is 1. The normalized spacial score (nSPS) is 10.7. The molecule has 1 heterocycles. The van der Waals surface area contributed by atoms with Crippen LogP contribution in [0.15, 0.2) is 18.2 Å². The second kappa shape index (κ2) is 3.23. The Bertz CT molecular complexity index is 482. The number of rotatable bonds is 1. The van der Waals surface area contributed by atoms with Gasteiger partial charge in [0.05, 0.1) is 0 Å². The van der Waals surface area contributed by atoms with Crippen LogP contribution in [0.1, 0.15) is 10.5 Å². The van der Waals surface area contributed by atoms with Crippen LogP contribution in [0, 0.1) is 9.39 Å². The van der Waals surface area contributed by atoms with Crippen LogP contribution in [-0.2, 0) is 0 Å². The highest BCUT2D eigenvalue weighted by atomic mass is 127. The van der Waals surface area contributed by atoms with Crippen LogP contribution in [0.3, 0.4) is 0 Å². The first-order chi connectivity index (χ1) is 6.58. The van der Waals surface area contributed by atoms with Gasteiger partial charge in [-0.25, -0.2) is 4.39 Å². The van der Waals surface area contributed by atoms with E-state index in [0.717, 1.165) is 5.39 Å². The minimum absolute atomic E-state index is 0.293. The van der Waals surface area contributed by atoms with Gasteiger partial charge in [0, 0.05) is 14.5 Å². The van der Waals surface area contributed by atoms with E-state index in [1.54, 1.807) is 12.1 Å². The fourth-order valence-corrected chi connectivity index (χ4v) is 1.75. The number of halogens is 2. The maximum Gasteiger partial charge on any atom is 0.265 e. The zero-order chi connectivity index (χ0) is 10.3. The average molecular weight is 304 g/mol. The Balaban J connectivity index is 2.72. The van der Waals surface area contributed by atoms with Gasteiger partial charge in [-0.3, -0.25) is 4.79 Å². The summed E-state index contributed by atoms with van der Waals surface area (Å²) >= 11 is 1.89. The van der Waals surface area contributed by atoms with Crippen molar-refractivity contribution in [2.24, 2.45) is 5.73 Å². The lowest BCUT2D eigenvalue weighted by atomic mass is 10.2. The summed E-state index contributed by atoms with van der Waals surface area (Å²) in [5, 5.41) is 0.782. The Morgan fingerprint density at radius 2 is 2.14 bits per heavy atom. The van der Waals surface area contributed by atoms with Crippen molar-refractivity contribution in [1.29, 1.82) is 0 Å². The van der Waals surface area contributed by atoms with Crippen LogP contribution in [0.25, 0.3) is 10.9 Å². The summed E-state index contributed by atoms with van der Waals surface area (Å²) in [5.74, 6) is -0.854. The van der Waals surface area contributed by atoms with E-state index in [4.69, 9.17) is 5.73 Å². The Hall–Kier alpha value is -1.11. The molecule has 2 aromatic rings. The third-order valence-corrected chi connectivity index (χ3v) is 2.75. The molecule has 72 valence electrons. The highest BCUT2D eigenvalue weighted by Gasteiger charge is 2.08. The molecule has 3 N–H and O–H groups in total. The Morgan fingerprint density at radius 3 is 2.79 bits per heavy atom. The van der Waals surface area contributed by atoms with Gasteiger partial charge in [0.15, 0.2) is 0 Å². The molecule has 0 aliphatic rings. The van der Waals surface area contributed by atoms with Gasteiger partial charge in [0.25, 0.3) is 5.91 Å². The van der Waals surface area contributed by atoms with E-state index in [1.807, 2.05) is 22.6 Å². The summed E-state index contributed by atoms with van der Waals surface area (Å²) in [5.41, 5.74) is 5.96. The molecular weight excluding hydrogens is 298 g/mol. The number of hydrogen-bond donors (Lipinski definition) is 2. The average Bonchev–Trinajstić information content (AvgIpc) is 2.48. The zero-order valence-electron chi connectivity index (χ0n) is 6.97. The lowest BCUT2D eigenvalue weighted by Gasteiger charge is -1.93. The molecule has 5 heteroatoms. The fraction of sp³-hybridized carbons (Fsp3) is 0. The van der Waals surface area contributed by atoms with Gasteiger partial charge in [0.1, 0.15) is 11.5 Å². The second-order valence-electron chi connectivity index (χ2n) is 2.90. The van der Waals surface area contributed by atoms with Crippen LogP contribution >= 0.6 is 22.6 Å². The minimum Gasteiger partial charge on any atom is -0.364 e. The Kier molecular flexibility index (Phi) is 2.18. The number of nitrogens with one attached hydrogen (secondary N) is 1. The van der Waals surface area contributed by atoms with Crippen LogP contribution in [0.4, 0.5) is 4.39 Å². The molecule has 0 spiro atoms. The minimum atomic E-state index is -0.545. The maximum atomic E-state index is 13.1. The van der Waals surface area contributed by atoms with E-state index in [2.05, 4.69) is 4.98 Å². The molecule has 1 amide bonds. The molecule has 0 bridgehead atoms. The van der Waals surface area contributed by atoms with Crippen LogP contribution in [-0.4, -0.2) is 10.9 Å². The number of fused-ring (bicyclic) bond motifs is 1. The lowest BCUT2D eigenvalue weighted by Crippen LogP contribution is -2.10. The fourth-order valence-electron chi connectivity index (χ4n) is 1.26. The van der Waals surface area contributed by atoms with Crippen LogP contribution in [0.2, 0.25) is 0 Å². The predicted molar refractivity (Wildman–Crippen MR) is 59.5 cm³/mol. The van der Waals surface area contributed by atoms with Crippen molar-refractivity contribution in [3.05, 3.63) is 33.3 Å². The molecule has 0 aliphatic heterocycles. The summed E-state index contributed by atoms with van der Waals surface area (Å²) in [6, 6.07) is 4.62. The van der Waals surface area contributed by atoms with E-state index in [1.165, 1.54) is 6.07 Å². The first-order valence-corrected chi connectivity index (χ1v) is 4.93. The SMILES string of the molecule is NC(=O)c1cc2cc(I)c(F)cc2[nH]1. The van der Waals surface area contributed by atoms with Crippen molar-refractivity contribution in [2.45, 2.75) is 0 Å². The molecule has 0 saturated heterocycles. The molecule has 0 saturated carbocycles. The van der Waals surface area contributed by atoms with E-state index < -0.39 is 5.91 Å². The number of aromatic nitrogens is 1. The molecule has 2 rings (SSSR count). The topological polar surface area (TPSA) is 58.9 Å². The largest absolute Gasteiger partial charge is 0.364 e. The summed E-state index contributed by atoms with van der Waals surface area (Å²) in [7, 11) is 0. The number of benzene rings is 1. The van der Waals surface area contributed by atoms with Gasteiger partial charge >= 0.3 is 0 Å². The highest BCUT2D eigenvalue weighted by molar-refractivity contribution is 14.1. The van der Waals surface area contributed by atoms with Gasteiger partial charge in [-0.1, -0.05) is 0 Å². The van der Waals surface area contributed by atoms with Crippen LogP contribution in [0.5, 0.6) is 0 Å². The van der Waals surface area contributed by atoms with Gasteiger partial charge < -0.3 is 10.7 Å². The molecule has 1 aromatic carbocycles. The van der Waals surface area contributed by atoms with Gasteiger partial charge in [0.2, 0.25) is 0 Å². The first-order valence-electron chi connectivity index (χ1n) is 3.85.